The number of aryl methyl sites for hydroxylation is 1. The Balaban J connectivity index is 1.46. The molecular formula is C26H35N7. The number of aromatic nitrogens is 4. The molecule has 0 unspecified atom stereocenters. The Morgan fingerprint density at radius 1 is 1.06 bits per heavy atom. The van der Waals surface area contributed by atoms with Crippen LogP contribution in [0, 0.1) is 6.92 Å². The largest absolute Gasteiger partial charge is 0.368 e. The van der Waals surface area contributed by atoms with Crippen LogP contribution in [0.4, 0.5) is 17.5 Å². The van der Waals surface area contributed by atoms with Gasteiger partial charge >= 0.3 is 0 Å². The van der Waals surface area contributed by atoms with E-state index in [1.165, 1.54) is 49.8 Å². The van der Waals surface area contributed by atoms with Gasteiger partial charge in [0, 0.05) is 49.5 Å². The third-order valence-electron chi connectivity index (χ3n) is 7.06. The van der Waals surface area contributed by atoms with Crippen molar-refractivity contribution < 1.29 is 0 Å². The fraction of sp³-hybridized carbons (Fsp3) is 0.500. The number of piperazine rings is 1. The zero-order chi connectivity index (χ0) is 22.8. The molecule has 4 heterocycles. The van der Waals surface area contributed by atoms with E-state index >= 15 is 0 Å². The quantitative estimate of drug-likeness (QED) is 0.525. The minimum absolute atomic E-state index is 0.467. The molecule has 7 nitrogen and oxygen atoms in total. The molecule has 7 heteroatoms. The molecule has 174 valence electrons. The van der Waals surface area contributed by atoms with Gasteiger partial charge in [-0.05, 0) is 50.0 Å². The van der Waals surface area contributed by atoms with E-state index < -0.39 is 0 Å². The Hall–Kier alpha value is -2.93. The van der Waals surface area contributed by atoms with Crippen LogP contribution < -0.4 is 15.5 Å². The van der Waals surface area contributed by atoms with Crippen LogP contribution >= 0.6 is 0 Å². The molecular weight excluding hydrogens is 410 g/mol. The second-order valence-electron chi connectivity index (χ2n) is 9.46. The molecule has 33 heavy (non-hydrogen) atoms. The smallest absolute Gasteiger partial charge is 0.230 e. The minimum atomic E-state index is 0.467. The molecule has 3 aromatic heterocycles. The fourth-order valence-electron chi connectivity index (χ4n) is 5.38. The van der Waals surface area contributed by atoms with Crippen molar-refractivity contribution in [2.24, 2.45) is 0 Å². The van der Waals surface area contributed by atoms with Gasteiger partial charge in [0.2, 0.25) is 5.95 Å². The Morgan fingerprint density at radius 3 is 2.48 bits per heavy atom. The number of hydrogen-bond donors (Lipinski definition) is 2. The molecule has 0 bridgehead atoms. The van der Waals surface area contributed by atoms with Crippen molar-refractivity contribution in [2.75, 3.05) is 36.4 Å². The maximum absolute atomic E-state index is 4.99. The van der Waals surface area contributed by atoms with Gasteiger partial charge in [-0.1, -0.05) is 32.3 Å². The zero-order valence-corrected chi connectivity index (χ0v) is 19.9. The molecule has 0 amide bonds. The molecule has 1 aliphatic heterocycles. The highest BCUT2D eigenvalue weighted by Gasteiger charge is 2.24. The molecule has 1 saturated heterocycles. The van der Waals surface area contributed by atoms with E-state index in [2.05, 4.69) is 56.6 Å². The first-order valence-electron chi connectivity index (χ1n) is 12.3. The second-order valence-corrected chi connectivity index (χ2v) is 9.46. The Kier molecular flexibility index (Phi) is 6.31. The highest BCUT2D eigenvalue weighted by Crippen LogP contribution is 2.37. The minimum Gasteiger partial charge on any atom is -0.368 e. The van der Waals surface area contributed by atoms with E-state index in [4.69, 9.17) is 4.98 Å². The van der Waals surface area contributed by atoms with E-state index in [-0.39, 0.29) is 0 Å². The standard InChI is InChI=1S/C26H35N7/c1-18(2)24-19(3)22-17-29-26(31-25(22)33(24)20-8-6-4-5-7-9-20)30-23-11-10-21(16-28-23)32-14-12-27-13-15-32/h10-11,16-17,20,27H,1,4-9,12-15H2,2-3H3,(H,28,29,30,31). The third kappa shape index (κ3) is 4.47. The molecule has 1 aliphatic carbocycles. The van der Waals surface area contributed by atoms with Gasteiger partial charge in [0.1, 0.15) is 11.5 Å². The Labute approximate surface area is 196 Å². The summed E-state index contributed by atoms with van der Waals surface area (Å²) in [6.45, 7) is 12.6. The normalized spacial score (nSPS) is 17.8. The number of allylic oxidation sites excluding steroid dienone is 1. The van der Waals surface area contributed by atoms with Crippen molar-refractivity contribution in [1.29, 1.82) is 0 Å². The van der Waals surface area contributed by atoms with Gasteiger partial charge in [0.25, 0.3) is 0 Å². The van der Waals surface area contributed by atoms with Crippen LogP contribution in [0.3, 0.4) is 0 Å². The van der Waals surface area contributed by atoms with Gasteiger partial charge in [-0.15, -0.1) is 0 Å². The lowest BCUT2D eigenvalue weighted by Gasteiger charge is -2.29. The second kappa shape index (κ2) is 9.51. The topological polar surface area (TPSA) is 70.9 Å². The van der Waals surface area contributed by atoms with Crippen LogP contribution in [-0.2, 0) is 0 Å². The predicted octanol–water partition coefficient (Wildman–Crippen LogP) is 5.22. The molecule has 2 N–H and O–H groups in total. The van der Waals surface area contributed by atoms with Crippen LogP contribution in [0.1, 0.15) is 62.7 Å². The summed E-state index contributed by atoms with van der Waals surface area (Å²) in [5, 5.41) is 7.83. The van der Waals surface area contributed by atoms with Crippen molar-refractivity contribution in [3.8, 4) is 0 Å². The van der Waals surface area contributed by atoms with Crippen LogP contribution in [0.5, 0.6) is 0 Å². The number of nitrogens with zero attached hydrogens (tertiary/aromatic N) is 5. The fourth-order valence-corrected chi connectivity index (χ4v) is 5.38. The van der Waals surface area contributed by atoms with Gasteiger partial charge in [-0.3, -0.25) is 0 Å². The maximum atomic E-state index is 4.99. The molecule has 0 radical (unpaired) electrons. The highest BCUT2D eigenvalue weighted by molar-refractivity contribution is 5.87. The average molecular weight is 446 g/mol. The lowest BCUT2D eigenvalue weighted by Crippen LogP contribution is -2.43. The van der Waals surface area contributed by atoms with Crippen LogP contribution in [0.15, 0.2) is 31.1 Å². The summed E-state index contributed by atoms with van der Waals surface area (Å²) in [6, 6.07) is 4.60. The monoisotopic (exact) mass is 445 g/mol. The molecule has 0 atom stereocenters. The number of pyridine rings is 1. The van der Waals surface area contributed by atoms with Gasteiger partial charge in [0.05, 0.1) is 11.9 Å². The Morgan fingerprint density at radius 2 is 1.82 bits per heavy atom. The molecule has 5 rings (SSSR count). The number of nitrogens with one attached hydrogen (secondary N) is 2. The SMILES string of the molecule is C=C(C)c1c(C)c2cnc(Nc3ccc(N4CCNCC4)cn3)nc2n1C1CCCCCC1. The number of hydrogen-bond acceptors (Lipinski definition) is 6. The highest BCUT2D eigenvalue weighted by atomic mass is 15.2. The van der Waals surface area contributed by atoms with E-state index in [1.54, 1.807) is 0 Å². The first-order valence-corrected chi connectivity index (χ1v) is 12.3. The van der Waals surface area contributed by atoms with E-state index in [1.807, 2.05) is 18.5 Å². The molecule has 1 saturated carbocycles. The molecule has 0 spiro atoms. The van der Waals surface area contributed by atoms with E-state index in [9.17, 15) is 0 Å². The summed E-state index contributed by atoms with van der Waals surface area (Å²) in [4.78, 5) is 16.6. The van der Waals surface area contributed by atoms with Gasteiger partial charge in [-0.25, -0.2) is 9.97 Å². The molecule has 2 fully saturated rings. The van der Waals surface area contributed by atoms with Gasteiger partial charge in [0.15, 0.2) is 0 Å². The van der Waals surface area contributed by atoms with Crippen LogP contribution in [0.2, 0.25) is 0 Å². The summed E-state index contributed by atoms with van der Waals surface area (Å²) < 4.78 is 2.45. The number of fused-ring (bicyclic) bond motifs is 1. The lowest BCUT2D eigenvalue weighted by atomic mass is 10.1. The van der Waals surface area contributed by atoms with E-state index in [0.29, 0.717) is 12.0 Å². The van der Waals surface area contributed by atoms with Crippen molar-refractivity contribution in [2.45, 2.75) is 58.4 Å². The zero-order valence-electron chi connectivity index (χ0n) is 19.9. The molecule has 3 aromatic rings. The number of anilines is 3. The van der Waals surface area contributed by atoms with Crippen LogP contribution in [0.25, 0.3) is 16.6 Å². The van der Waals surface area contributed by atoms with Crippen molar-refractivity contribution in [3.05, 3.63) is 42.4 Å². The first kappa shape index (κ1) is 21.9. The first-order chi connectivity index (χ1) is 16.1. The maximum Gasteiger partial charge on any atom is 0.230 e. The number of rotatable bonds is 5. The van der Waals surface area contributed by atoms with Crippen LogP contribution in [-0.4, -0.2) is 45.7 Å². The summed E-state index contributed by atoms with van der Waals surface area (Å²) in [5.41, 5.74) is 5.71. The summed E-state index contributed by atoms with van der Waals surface area (Å²) in [5.74, 6) is 1.35. The predicted molar refractivity (Wildman–Crippen MR) is 136 cm³/mol. The summed E-state index contributed by atoms with van der Waals surface area (Å²) in [6.07, 6.45) is 11.5. The lowest BCUT2D eigenvalue weighted by molar-refractivity contribution is 0.450. The third-order valence-corrected chi connectivity index (χ3v) is 7.06. The van der Waals surface area contributed by atoms with Crippen molar-refractivity contribution in [3.63, 3.8) is 0 Å². The summed E-state index contributed by atoms with van der Waals surface area (Å²) in [7, 11) is 0. The van der Waals surface area contributed by atoms with Gasteiger partial charge < -0.3 is 20.1 Å². The van der Waals surface area contributed by atoms with Gasteiger partial charge in [-0.2, -0.15) is 4.98 Å². The Bertz CT molecular complexity index is 1120. The summed E-state index contributed by atoms with van der Waals surface area (Å²) >= 11 is 0. The molecule has 2 aliphatic rings. The van der Waals surface area contributed by atoms with Crippen molar-refractivity contribution in [1.82, 2.24) is 24.8 Å². The van der Waals surface area contributed by atoms with Crippen molar-refractivity contribution >= 4 is 34.1 Å². The average Bonchev–Trinajstić information content (AvgIpc) is 2.98. The molecule has 0 aromatic carbocycles. The van der Waals surface area contributed by atoms with E-state index in [0.717, 1.165) is 54.3 Å².